The fourth-order valence-corrected chi connectivity index (χ4v) is 0.527. The number of aliphatic hydroxyl groups is 1. The van der Waals surface area contributed by atoms with E-state index >= 15 is 0 Å². The fraction of sp³-hybridized carbons (Fsp3) is 0.167. The van der Waals surface area contributed by atoms with E-state index < -0.39 is 19.0 Å². The Kier molecular flexibility index (Phi) is 5.20. The average Bonchev–Trinajstić information content (AvgIpc) is 2.07. The highest BCUT2D eigenvalue weighted by Crippen LogP contribution is 2.25. The van der Waals surface area contributed by atoms with Gasteiger partial charge in [0.1, 0.15) is 18.6 Å². The number of rotatable bonds is 1. The van der Waals surface area contributed by atoms with Crippen molar-refractivity contribution >= 4 is 7.82 Å². The van der Waals surface area contributed by atoms with Crippen LogP contribution in [0.25, 0.3) is 0 Å². The molecule has 0 bridgehead atoms. The highest BCUT2D eigenvalue weighted by molar-refractivity contribution is 7.45. The van der Waals surface area contributed by atoms with E-state index in [0.717, 1.165) is 12.3 Å². The van der Waals surface area contributed by atoms with Gasteiger partial charge < -0.3 is 29.3 Å². The maximum atomic E-state index is 10.6. The summed E-state index contributed by atoms with van der Waals surface area (Å²) in [7, 11) is -4.64. The monoisotopic (exact) mass is 240 g/mol. The maximum Gasteiger partial charge on any atom is 0.466 e. The predicted molar refractivity (Wildman–Crippen MR) is 46.8 cm³/mol. The van der Waals surface area contributed by atoms with Gasteiger partial charge in [-0.2, -0.15) is 0 Å². The molecular formula is C6H9O8P. The predicted octanol–water partition coefficient (Wildman–Crippen LogP) is -1.09. The molecule has 0 aromatic carbocycles. The van der Waals surface area contributed by atoms with Gasteiger partial charge in [0, 0.05) is 6.07 Å². The number of hydrogen-bond donors (Lipinski definition) is 5. The Labute approximate surface area is 83.3 Å². The van der Waals surface area contributed by atoms with Crippen LogP contribution in [0.15, 0.2) is 21.5 Å². The van der Waals surface area contributed by atoms with E-state index in [-0.39, 0.29) is 12.4 Å². The third-order valence-electron chi connectivity index (χ3n) is 1.02. The summed E-state index contributed by atoms with van der Waals surface area (Å²) >= 11 is 0. The Morgan fingerprint density at radius 3 is 2.13 bits per heavy atom. The minimum Gasteiger partial charge on any atom is -0.502 e. The molecule has 15 heavy (non-hydrogen) atoms. The van der Waals surface area contributed by atoms with E-state index in [9.17, 15) is 4.79 Å². The first-order chi connectivity index (χ1) is 6.74. The molecule has 0 saturated heterocycles. The maximum absolute atomic E-state index is 10.6. The standard InChI is InChI=1S/C6H6O4.H3O4P/c7-2-4-1-5(8)6(9)3-10-4;1-5(2,3)4/h1,3,7,9H,2H2;(H3,1,2,3,4). The van der Waals surface area contributed by atoms with E-state index in [0.29, 0.717) is 0 Å². The van der Waals surface area contributed by atoms with Crippen LogP contribution in [-0.4, -0.2) is 24.9 Å². The first-order valence-electron chi connectivity index (χ1n) is 3.44. The van der Waals surface area contributed by atoms with Crippen LogP contribution in [0.4, 0.5) is 0 Å². The van der Waals surface area contributed by atoms with Crippen molar-refractivity contribution in [2.24, 2.45) is 0 Å². The second-order valence-electron chi connectivity index (χ2n) is 2.27. The van der Waals surface area contributed by atoms with Gasteiger partial charge in [0.2, 0.25) is 5.43 Å². The molecule has 0 saturated carbocycles. The van der Waals surface area contributed by atoms with Crippen LogP contribution in [0.1, 0.15) is 5.76 Å². The lowest BCUT2D eigenvalue weighted by molar-refractivity contribution is 0.241. The number of hydrogen-bond acceptors (Lipinski definition) is 5. The van der Waals surface area contributed by atoms with Gasteiger partial charge in [-0.25, -0.2) is 4.57 Å². The van der Waals surface area contributed by atoms with Crippen LogP contribution < -0.4 is 5.43 Å². The van der Waals surface area contributed by atoms with Crippen molar-refractivity contribution in [1.29, 1.82) is 0 Å². The molecule has 0 unspecified atom stereocenters. The quantitative estimate of drug-likeness (QED) is 0.389. The molecule has 0 fully saturated rings. The van der Waals surface area contributed by atoms with Crippen molar-refractivity contribution in [3.63, 3.8) is 0 Å². The van der Waals surface area contributed by atoms with Crippen LogP contribution in [-0.2, 0) is 11.2 Å². The molecule has 9 heteroatoms. The van der Waals surface area contributed by atoms with Gasteiger partial charge >= 0.3 is 7.82 Å². The van der Waals surface area contributed by atoms with Gasteiger partial charge in [0.05, 0.1) is 0 Å². The number of phosphoric acid groups is 1. The van der Waals surface area contributed by atoms with Crippen molar-refractivity contribution in [2.45, 2.75) is 6.61 Å². The summed E-state index contributed by atoms with van der Waals surface area (Å²) in [5.41, 5.74) is -0.546. The smallest absolute Gasteiger partial charge is 0.466 e. The minimum absolute atomic E-state index is 0.141. The molecule has 0 radical (unpaired) electrons. The van der Waals surface area contributed by atoms with E-state index in [1.54, 1.807) is 0 Å². The molecule has 1 aromatic heterocycles. The van der Waals surface area contributed by atoms with Crippen LogP contribution in [0.3, 0.4) is 0 Å². The molecule has 8 nitrogen and oxygen atoms in total. The van der Waals surface area contributed by atoms with Gasteiger partial charge in [-0.3, -0.25) is 4.79 Å². The summed E-state index contributed by atoms with van der Waals surface area (Å²) in [5.74, 6) is -0.306. The largest absolute Gasteiger partial charge is 0.502 e. The first-order valence-corrected chi connectivity index (χ1v) is 5.00. The molecule has 1 heterocycles. The molecule has 1 rings (SSSR count). The molecular weight excluding hydrogens is 231 g/mol. The zero-order valence-electron chi connectivity index (χ0n) is 7.27. The van der Waals surface area contributed by atoms with Crippen molar-refractivity contribution < 1.29 is 33.9 Å². The normalized spacial score (nSPS) is 10.4. The first kappa shape index (κ1) is 13.8. The Balaban J connectivity index is 0.000000336. The molecule has 0 aliphatic carbocycles. The topological polar surface area (TPSA) is 148 Å². The van der Waals surface area contributed by atoms with Crippen LogP contribution >= 0.6 is 7.82 Å². The highest BCUT2D eigenvalue weighted by atomic mass is 31.2. The second kappa shape index (κ2) is 5.64. The lowest BCUT2D eigenvalue weighted by atomic mass is 10.4. The third kappa shape index (κ3) is 7.86. The zero-order valence-corrected chi connectivity index (χ0v) is 8.16. The lowest BCUT2D eigenvalue weighted by Crippen LogP contribution is -1.99. The van der Waals surface area contributed by atoms with Gasteiger partial charge in [-0.15, -0.1) is 0 Å². The van der Waals surface area contributed by atoms with E-state index in [1.165, 1.54) is 0 Å². The SMILES string of the molecule is O=P(O)(O)O.O=c1cc(CO)occ1O. The molecule has 5 N–H and O–H groups in total. The van der Waals surface area contributed by atoms with Gasteiger partial charge in [-0.1, -0.05) is 0 Å². The highest BCUT2D eigenvalue weighted by Gasteiger charge is 2.00. The Morgan fingerprint density at radius 2 is 1.80 bits per heavy atom. The van der Waals surface area contributed by atoms with Crippen molar-refractivity contribution in [3.8, 4) is 5.75 Å². The summed E-state index contributed by atoms with van der Waals surface area (Å²) in [4.78, 5) is 32.1. The summed E-state index contributed by atoms with van der Waals surface area (Å²) in [6, 6.07) is 1.04. The molecule has 0 aliphatic rings. The second-order valence-corrected chi connectivity index (χ2v) is 3.29. The fourth-order valence-electron chi connectivity index (χ4n) is 0.527. The molecule has 1 aromatic rings. The van der Waals surface area contributed by atoms with Crippen molar-refractivity contribution in [2.75, 3.05) is 0 Å². The Morgan fingerprint density at radius 1 is 1.33 bits per heavy atom. The zero-order chi connectivity index (χ0) is 12.1. The summed E-state index contributed by atoms with van der Waals surface area (Å²) in [5, 5.41) is 17.1. The van der Waals surface area contributed by atoms with Crippen LogP contribution in [0.5, 0.6) is 5.75 Å². The molecule has 86 valence electrons. The lowest BCUT2D eigenvalue weighted by Gasteiger charge is -1.92. The summed E-state index contributed by atoms with van der Waals surface area (Å²) in [6.07, 6.45) is 0.897. The Bertz CT molecular complexity index is 396. The third-order valence-corrected chi connectivity index (χ3v) is 1.02. The summed E-state index contributed by atoms with van der Waals surface area (Å²) < 4.78 is 13.5. The average molecular weight is 240 g/mol. The van der Waals surface area contributed by atoms with Gasteiger partial charge in [0.25, 0.3) is 0 Å². The van der Waals surface area contributed by atoms with Crippen molar-refractivity contribution in [1.82, 2.24) is 0 Å². The van der Waals surface area contributed by atoms with Gasteiger partial charge in [-0.05, 0) is 0 Å². The Hall–Kier alpha value is -1.18. The molecule has 0 aliphatic heterocycles. The molecule has 0 atom stereocenters. The van der Waals surface area contributed by atoms with E-state index in [1.807, 2.05) is 0 Å². The van der Waals surface area contributed by atoms with E-state index in [2.05, 4.69) is 4.42 Å². The summed E-state index contributed by atoms with van der Waals surface area (Å²) in [6.45, 7) is -0.338. The number of aliphatic hydroxyl groups excluding tert-OH is 1. The number of aromatic hydroxyl groups is 1. The molecule has 0 amide bonds. The van der Waals surface area contributed by atoms with E-state index in [4.69, 9.17) is 29.5 Å². The molecule has 0 spiro atoms. The van der Waals surface area contributed by atoms with Crippen molar-refractivity contribution in [3.05, 3.63) is 28.3 Å². The minimum atomic E-state index is -4.64. The van der Waals surface area contributed by atoms with Crippen LogP contribution in [0.2, 0.25) is 0 Å². The van der Waals surface area contributed by atoms with Crippen LogP contribution in [0, 0.1) is 0 Å². The van der Waals surface area contributed by atoms with Gasteiger partial charge in [0.15, 0.2) is 5.75 Å².